The first-order valence-electron chi connectivity index (χ1n) is 9.34. The molecule has 7 nitrogen and oxygen atoms in total. The second kappa shape index (κ2) is 9.05. The van der Waals surface area contributed by atoms with Gasteiger partial charge in [0.25, 0.3) is 5.91 Å². The normalized spacial score (nSPS) is 14.1. The number of carbonyl (C=O) groups excluding carboxylic acids is 3. The zero-order valence-corrected chi connectivity index (χ0v) is 16.1. The van der Waals surface area contributed by atoms with Gasteiger partial charge in [-0.05, 0) is 37.3 Å². The summed E-state index contributed by atoms with van der Waals surface area (Å²) >= 11 is 0. The molecule has 0 bridgehead atoms. The molecule has 1 N–H and O–H groups in total. The first-order valence-corrected chi connectivity index (χ1v) is 9.34. The predicted octanol–water partition coefficient (Wildman–Crippen LogP) is 1.20. The molecule has 2 aromatic carbocycles. The van der Waals surface area contributed by atoms with Crippen LogP contribution in [-0.2, 0) is 9.59 Å². The monoisotopic (exact) mass is 392 g/mol. The Bertz CT molecular complexity index is 929. The quantitative estimate of drug-likeness (QED) is 0.772. The van der Waals surface area contributed by atoms with E-state index in [2.05, 4.69) is 34.5 Å². The van der Waals surface area contributed by atoms with Crippen LogP contribution in [0.5, 0.6) is 0 Å². The molecular formula is C22H22N3O4-. The Morgan fingerprint density at radius 3 is 2.24 bits per heavy atom. The second-order valence-corrected chi connectivity index (χ2v) is 6.80. The van der Waals surface area contributed by atoms with E-state index in [1.54, 1.807) is 29.2 Å². The van der Waals surface area contributed by atoms with E-state index < -0.39 is 11.9 Å². The van der Waals surface area contributed by atoms with Crippen molar-refractivity contribution in [3.05, 3.63) is 71.8 Å². The van der Waals surface area contributed by atoms with Gasteiger partial charge in [-0.3, -0.25) is 9.59 Å². The predicted molar refractivity (Wildman–Crippen MR) is 109 cm³/mol. The SMILES string of the molecule is Cc1ccc(N2CCN(C(=O)c3ccccc3NC(=O)C=CC(=O)[O-])CC2)cc1. The molecule has 0 radical (unpaired) electrons. The van der Waals surface area contributed by atoms with Crippen LogP contribution in [0.2, 0.25) is 0 Å². The van der Waals surface area contributed by atoms with Crippen LogP contribution in [0, 0.1) is 6.92 Å². The first kappa shape index (κ1) is 20.1. The summed E-state index contributed by atoms with van der Waals surface area (Å²) in [6.45, 7) is 4.62. The van der Waals surface area contributed by atoms with E-state index in [4.69, 9.17) is 0 Å². The van der Waals surface area contributed by atoms with Crippen molar-refractivity contribution < 1.29 is 19.5 Å². The third-order valence-corrected chi connectivity index (χ3v) is 4.75. The van der Waals surface area contributed by atoms with Gasteiger partial charge in [-0.2, -0.15) is 0 Å². The number of carbonyl (C=O) groups is 3. The molecule has 2 amide bonds. The number of aryl methyl sites for hydroxylation is 1. The summed E-state index contributed by atoms with van der Waals surface area (Å²) in [6.07, 6.45) is 1.50. The van der Waals surface area contributed by atoms with Crippen LogP contribution in [0.25, 0.3) is 0 Å². The molecule has 7 heteroatoms. The zero-order valence-electron chi connectivity index (χ0n) is 16.1. The molecule has 1 heterocycles. The molecule has 0 aromatic heterocycles. The Morgan fingerprint density at radius 2 is 1.59 bits per heavy atom. The van der Waals surface area contributed by atoms with Crippen LogP contribution < -0.4 is 15.3 Å². The summed E-state index contributed by atoms with van der Waals surface area (Å²) in [6, 6.07) is 15.0. The minimum absolute atomic E-state index is 0.173. The lowest BCUT2D eigenvalue weighted by Gasteiger charge is -2.36. The standard InChI is InChI=1S/C22H23N3O4/c1-16-6-8-17(9-7-16)24-12-14-25(15-13-24)22(29)18-4-2-3-5-19(18)23-20(26)10-11-21(27)28/h2-11H,12-15H2,1H3,(H,23,26)(H,27,28)/p-1. The fourth-order valence-corrected chi connectivity index (χ4v) is 3.19. The summed E-state index contributed by atoms with van der Waals surface area (Å²) in [4.78, 5) is 39.3. The molecule has 0 aliphatic carbocycles. The number of para-hydroxylation sites is 1. The number of aliphatic carboxylic acids is 1. The van der Waals surface area contributed by atoms with Crippen molar-refractivity contribution in [2.24, 2.45) is 0 Å². The van der Waals surface area contributed by atoms with Crippen molar-refractivity contribution in [2.75, 3.05) is 36.4 Å². The highest BCUT2D eigenvalue weighted by Gasteiger charge is 2.24. The van der Waals surface area contributed by atoms with Crippen molar-refractivity contribution in [3.63, 3.8) is 0 Å². The van der Waals surface area contributed by atoms with Gasteiger partial charge in [0.1, 0.15) is 0 Å². The highest BCUT2D eigenvalue weighted by Crippen LogP contribution is 2.21. The molecule has 0 atom stereocenters. The Hall–Kier alpha value is -3.61. The fraction of sp³-hybridized carbons (Fsp3) is 0.227. The lowest BCUT2D eigenvalue weighted by atomic mass is 10.1. The molecule has 150 valence electrons. The molecule has 1 saturated heterocycles. The van der Waals surface area contributed by atoms with E-state index in [0.29, 0.717) is 30.4 Å². The minimum Gasteiger partial charge on any atom is -0.545 e. The lowest BCUT2D eigenvalue weighted by Crippen LogP contribution is -2.48. The first-order chi connectivity index (χ1) is 13.9. The van der Waals surface area contributed by atoms with Gasteiger partial charge in [0.05, 0.1) is 17.2 Å². The summed E-state index contributed by atoms with van der Waals surface area (Å²) in [7, 11) is 0. The average molecular weight is 392 g/mol. The molecule has 0 saturated carbocycles. The van der Waals surface area contributed by atoms with Gasteiger partial charge in [-0.1, -0.05) is 29.8 Å². The van der Waals surface area contributed by atoms with Gasteiger partial charge in [-0.15, -0.1) is 0 Å². The minimum atomic E-state index is -1.46. The van der Waals surface area contributed by atoms with Gasteiger partial charge in [-0.25, -0.2) is 0 Å². The molecule has 3 rings (SSSR count). The number of nitrogens with one attached hydrogen (secondary N) is 1. The summed E-state index contributed by atoms with van der Waals surface area (Å²) in [5.41, 5.74) is 3.05. The number of hydrogen-bond donors (Lipinski definition) is 1. The van der Waals surface area contributed by atoms with E-state index in [0.717, 1.165) is 24.9 Å². The highest BCUT2D eigenvalue weighted by atomic mass is 16.4. The van der Waals surface area contributed by atoms with Crippen molar-refractivity contribution in [2.45, 2.75) is 6.92 Å². The number of benzene rings is 2. The maximum absolute atomic E-state index is 13.0. The molecular weight excluding hydrogens is 370 g/mol. The summed E-state index contributed by atoms with van der Waals surface area (Å²) < 4.78 is 0. The third-order valence-electron chi connectivity index (χ3n) is 4.75. The van der Waals surface area contributed by atoms with Crippen LogP contribution in [0.1, 0.15) is 15.9 Å². The number of nitrogens with zero attached hydrogens (tertiary/aromatic N) is 2. The largest absolute Gasteiger partial charge is 0.545 e. The molecule has 1 aliphatic heterocycles. The summed E-state index contributed by atoms with van der Waals surface area (Å²) in [5, 5.41) is 13.0. The molecule has 1 aliphatic rings. The topological polar surface area (TPSA) is 92.8 Å². The van der Waals surface area contributed by atoms with Gasteiger partial charge in [0.2, 0.25) is 5.91 Å². The Kier molecular flexibility index (Phi) is 6.29. The van der Waals surface area contributed by atoms with Crippen LogP contribution in [0.3, 0.4) is 0 Å². The molecule has 0 unspecified atom stereocenters. The van der Waals surface area contributed by atoms with Crippen LogP contribution in [0.15, 0.2) is 60.7 Å². The van der Waals surface area contributed by atoms with Crippen molar-refractivity contribution in [3.8, 4) is 0 Å². The van der Waals surface area contributed by atoms with E-state index in [-0.39, 0.29) is 5.91 Å². The maximum Gasteiger partial charge on any atom is 0.256 e. The van der Waals surface area contributed by atoms with Gasteiger partial charge in [0.15, 0.2) is 0 Å². The lowest BCUT2D eigenvalue weighted by molar-refractivity contribution is -0.297. The van der Waals surface area contributed by atoms with Crippen LogP contribution in [0.4, 0.5) is 11.4 Å². The molecule has 29 heavy (non-hydrogen) atoms. The van der Waals surface area contributed by atoms with E-state index in [1.165, 1.54) is 5.56 Å². The highest BCUT2D eigenvalue weighted by molar-refractivity contribution is 6.07. The number of hydrogen-bond acceptors (Lipinski definition) is 5. The van der Waals surface area contributed by atoms with Crippen LogP contribution in [-0.4, -0.2) is 48.9 Å². The number of carboxylic acid groups (broad SMARTS) is 1. The van der Waals surface area contributed by atoms with E-state index in [1.807, 2.05) is 6.92 Å². The Morgan fingerprint density at radius 1 is 0.931 bits per heavy atom. The van der Waals surface area contributed by atoms with E-state index in [9.17, 15) is 19.5 Å². The summed E-state index contributed by atoms with van der Waals surface area (Å²) in [5.74, 6) is -2.28. The van der Waals surface area contributed by atoms with Crippen molar-refractivity contribution in [1.29, 1.82) is 0 Å². The second-order valence-electron chi connectivity index (χ2n) is 6.80. The van der Waals surface area contributed by atoms with Crippen molar-refractivity contribution in [1.82, 2.24) is 4.90 Å². The molecule has 1 fully saturated rings. The smallest absolute Gasteiger partial charge is 0.256 e. The van der Waals surface area contributed by atoms with Gasteiger partial charge in [0, 0.05) is 37.9 Å². The molecule has 2 aromatic rings. The number of anilines is 2. The number of piperazine rings is 1. The van der Waals surface area contributed by atoms with Gasteiger partial charge >= 0.3 is 0 Å². The van der Waals surface area contributed by atoms with Gasteiger partial charge < -0.3 is 25.0 Å². The van der Waals surface area contributed by atoms with Crippen LogP contribution >= 0.6 is 0 Å². The Balaban J connectivity index is 1.66. The molecule has 0 spiro atoms. The number of rotatable bonds is 5. The Labute approximate surface area is 169 Å². The number of carboxylic acids is 1. The number of amides is 2. The fourth-order valence-electron chi connectivity index (χ4n) is 3.19. The average Bonchev–Trinajstić information content (AvgIpc) is 2.73. The van der Waals surface area contributed by atoms with E-state index >= 15 is 0 Å². The third kappa shape index (κ3) is 5.22. The van der Waals surface area contributed by atoms with Crippen molar-refractivity contribution >= 4 is 29.2 Å². The zero-order chi connectivity index (χ0) is 20.8. The maximum atomic E-state index is 13.0.